The van der Waals surface area contributed by atoms with Crippen LogP contribution in [0.1, 0.15) is 12.5 Å². The molecule has 9 heteroatoms. The maximum Gasteiger partial charge on any atom is 0.243 e. The van der Waals surface area contributed by atoms with Crippen molar-refractivity contribution in [3.8, 4) is 17.2 Å². The summed E-state index contributed by atoms with van der Waals surface area (Å²) in [5.41, 5.74) is 1.38. The molecule has 0 unspecified atom stereocenters. The number of fused-ring (bicyclic) bond motifs is 2. The van der Waals surface area contributed by atoms with E-state index in [9.17, 15) is 13.2 Å². The van der Waals surface area contributed by atoms with E-state index in [4.69, 9.17) is 14.2 Å². The number of benzene rings is 2. The smallest absolute Gasteiger partial charge is 0.243 e. The lowest BCUT2D eigenvalue weighted by molar-refractivity contribution is -0.116. The molecule has 1 amide bonds. The van der Waals surface area contributed by atoms with Gasteiger partial charge in [-0.05, 0) is 35.9 Å². The number of nitrogens with zero attached hydrogens (tertiary/aromatic N) is 1. The first kappa shape index (κ1) is 19.5. The fraction of sp³-hybridized carbons (Fsp3) is 0.350. The second-order valence-corrected chi connectivity index (χ2v) is 8.64. The van der Waals surface area contributed by atoms with Crippen LogP contribution in [0.25, 0.3) is 0 Å². The highest BCUT2D eigenvalue weighted by Crippen LogP contribution is 2.33. The van der Waals surface area contributed by atoms with E-state index in [2.05, 4.69) is 5.32 Å². The van der Waals surface area contributed by atoms with Crippen molar-refractivity contribution in [3.63, 3.8) is 0 Å². The van der Waals surface area contributed by atoms with Crippen LogP contribution in [0.2, 0.25) is 0 Å². The zero-order chi connectivity index (χ0) is 20.4. The van der Waals surface area contributed by atoms with Crippen molar-refractivity contribution in [2.75, 3.05) is 38.2 Å². The Labute approximate surface area is 169 Å². The maximum atomic E-state index is 13.0. The van der Waals surface area contributed by atoms with E-state index < -0.39 is 15.9 Å². The lowest BCUT2D eigenvalue weighted by atomic mass is 10.2. The van der Waals surface area contributed by atoms with Crippen molar-refractivity contribution >= 4 is 21.6 Å². The highest BCUT2D eigenvalue weighted by atomic mass is 32.2. The molecule has 0 atom stereocenters. The molecule has 0 aromatic heterocycles. The Bertz CT molecular complexity index is 1040. The van der Waals surface area contributed by atoms with Gasteiger partial charge in [0.1, 0.15) is 19.0 Å². The zero-order valence-electron chi connectivity index (χ0n) is 16.0. The van der Waals surface area contributed by atoms with Gasteiger partial charge >= 0.3 is 0 Å². The molecule has 2 aliphatic heterocycles. The van der Waals surface area contributed by atoms with Crippen LogP contribution in [-0.2, 0) is 21.2 Å². The van der Waals surface area contributed by atoms with Gasteiger partial charge < -0.3 is 19.5 Å². The standard InChI is InChI=1S/C20H22N2O6S/c1-2-22(29(24,25)16-4-6-17-14(11-16)7-8-26-17)13-20(23)21-15-3-5-18-19(12-15)28-10-9-27-18/h3-6,11-12H,2,7-10,13H2,1H3,(H,21,23). The van der Waals surface area contributed by atoms with E-state index in [-0.39, 0.29) is 18.0 Å². The summed E-state index contributed by atoms with van der Waals surface area (Å²) in [6.45, 7) is 3.06. The molecule has 0 radical (unpaired) electrons. The molecule has 2 aliphatic rings. The van der Waals surface area contributed by atoms with E-state index in [1.807, 2.05) is 0 Å². The Kier molecular flexibility index (Phi) is 5.33. The van der Waals surface area contributed by atoms with Crippen LogP contribution in [0.5, 0.6) is 17.2 Å². The van der Waals surface area contributed by atoms with Crippen molar-refractivity contribution < 1.29 is 27.4 Å². The van der Waals surface area contributed by atoms with Crippen LogP contribution in [0.15, 0.2) is 41.3 Å². The van der Waals surface area contributed by atoms with E-state index in [0.717, 1.165) is 9.87 Å². The predicted molar refractivity (Wildman–Crippen MR) is 106 cm³/mol. The highest BCUT2D eigenvalue weighted by molar-refractivity contribution is 7.89. The molecular formula is C20H22N2O6S. The van der Waals surface area contributed by atoms with Crippen molar-refractivity contribution in [2.45, 2.75) is 18.2 Å². The van der Waals surface area contributed by atoms with Crippen molar-refractivity contribution in [2.24, 2.45) is 0 Å². The number of ether oxygens (including phenoxy) is 3. The SMILES string of the molecule is CCN(CC(=O)Nc1ccc2c(c1)OCCO2)S(=O)(=O)c1ccc2c(c1)CCO2. The van der Waals surface area contributed by atoms with E-state index in [1.165, 1.54) is 6.07 Å². The molecule has 0 bridgehead atoms. The summed E-state index contributed by atoms with van der Waals surface area (Å²) in [5.74, 6) is 1.45. The largest absolute Gasteiger partial charge is 0.493 e. The number of nitrogens with one attached hydrogen (secondary N) is 1. The minimum absolute atomic E-state index is 0.163. The molecular weight excluding hydrogens is 396 g/mol. The topological polar surface area (TPSA) is 94.2 Å². The van der Waals surface area contributed by atoms with E-state index >= 15 is 0 Å². The van der Waals surface area contributed by atoms with E-state index in [1.54, 1.807) is 37.3 Å². The number of hydrogen-bond acceptors (Lipinski definition) is 6. The zero-order valence-corrected chi connectivity index (χ0v) is 16.8. The Morgan fingerprint density at radius 3 is 2.52 bits per heavy atom. The summed E-state index contributed by atoms with van der Waals surface area (Å²) in [7, 11) is -3.80. The average Bonchev–Trinajstić information content (AvgIpc) is 3.19. The van der Waals surface area contributed by atoms with E-state index in [0.29, 0.717) is 49.2 Å². The monoisotopic (exact) mass is 418 g/mol. The van der Waals surface area contributed by atoms with Crippen LogP contribution in [0, 0.1) is 0 Å². The number of likely N-dealkylation sites (N-methyl/N-ethyl adjacent to an activating group) is 1. The lowest BCUT2D eigenvalue weighted by Crippen LogP contribution is -2.37. The maximum absolute atomic E-state index is 13.0. The number of sulfonamides is 1. The number of hydrogen-bond donors (Lipinski definition) is 1. The third-order valence-corrected chi connectivity index (χ3v) is 6.71. The fourth-order valence-corrected chi connectivity index (χ4v) is 4.78. The van der Waals surface area contributed by atoms with Crippen LogP contribution in [-0.4, -0.2) is 51.5 Å². The van der Waals surface area contributed by atoms with Gasteiger partial charge in [0.15, 0.2) is 11.5 Å². The molecule has 0 fully saturated rings. The summed E-state index contributed by atoms with van der Waals surface area (Å²) in [6.07, 6.45) is 0.676. The Morgan fingerprint density at radius 1 is 1.00 bits per heavy atom. The van der Waals surface area contributed by atoms with Gasteiger partial charge in [0, 0.05) is 24.7 Å². The minimum atomic E-state index is -3.80. The first-order chi connectivity index (χ1) is 14.0. The number of anilines is 1. The second kappa shape index (κ2) is 7.92. The van der Waals surface area contributed by atoms with Crippen LogP contribution in [0.3, 0.4) is 0 Å². The number of carbonyl (C=O) groups is 1. The third-order valence-electron chi connectivity index (χ3n) is 4.80. The van der Waals surface area contributed by atoms with Crippen molar-refractivity contribution in [1.82, 2.24) is 4.31 Å². The Hall–Kier alpha value is -2.78. The number of amides is 1. The normalized spacial score (nSPS) is 15.0. The van der Waals surface area contributed by atoms with Gasteiger partial charge in [-0.2, -0.15) is 4.31 Å². The van der Waals surface area contributed by atoms with Gasteiger partial charge in [0.05, 0.1) is 18.0 Å². The molecule has 0 saturated carbocycles. The van der Waals surface area contributed by atoms with Gasteiger partial charge in [-0.1, -0.05) is 6.92 Å². The fourth-order valence-electron chi connectivity index (χ4n) is 3.32. The molecule has 0 spiro atoms. The molecule has 4 rings (SSSR count). The minimum Gasteiger partial charge on any atom is -0.493 e. The van der Waals surface area contributed by atoms with Crippen LogP contribution >= 0.6 is 0 Å². The number of rotatable bonds is 6. The summed E-state index contributed by atoms with van der Waals surface area (Å²) in [6, 6.07) is 9.87. The third kappa shape index (κ3) is 4.01. The molecule has 0 aliphatic carbocycles. The molecule has 2 aromatic rings. The molecule has 0 saturated heterocycles. The predicted octanol–water partition coefficient (Wildman–Crippen LogP) is 2.04. The van der Waals surface area contributed by atoms with Gasteiger partial charge in [0.25, 0.3) is 0 Å². The quantitative estimate of drug-likeness (QED) is 0.772. The van der Waals surface area contributed by atoms with Gasteiger partial charge in [-0.3, -0.25) is 4.79 Å². The summed E-state index contributed by atoms with van der Waals surface area (Å²) < 4.78 is 43.6. The average molecular weight is 418 g/mol. The lowest BCUT2D eigenvalue weighted by Gasteiger charge is -2.21. The summed E-state index contributed by atoms with van der Waals surface area (Å²) in [4.78, 5) is 12.7. The van der Waals surface area contributed by atoms with Gasteiger partial charge in [0.2, 0.25) is 15.9 Å². The number of carbonyl (C=O) groups excluding carboxylic acids is 1. The van der Waals surface area contributed by atoms with Gasteiger partial charge in [-0.15, -0.1) is 0 Å². The van der Waals surface area contributed by atoms with Gasteiger partial charge in [-0.25, -0.2) is 8.42 Å². The highest BCUT2D eigenvalue weighted by Gasteiger charge is 2.27. The molecule has 1 N–H and O–H groups in total. The Balaban J connectivity index is 1.47. The molecule has 2 aromatic carbocycles. The van der Waals surface area contributed by atoms with Crippen molar-refractivity contribution in [3.05, 3.63) is 42.0 Å². The van der Waals surface area contributed by atoms with Crippen LogP contribution in [0.4, 0.5) is 5.69 Å². The molecule has 8 nitrogen and oxygen atoms in total. The summed E-state index contributed by atoms with van der Waals surface area (Å²) in [5, 5.41) is 2.72. The molecule has 29 heavy (non-hydrogen) atoms. The Morgan fingerprint density at radius 2 is 1.72 bits per heavy atom. The second-order valence-electron chi connectivity index (χ2n) is 6.71. The van der Waals surface area contributed by atoms with Crippen molar-refractivity contribution in [1.29, 1.82) is 0 Å². The summed E-state index contributed by atoms with van der Waals surface area (Å²) >= 11 is 0. The first-order valence-electron chi connectivity index (χ1n) is 9.43. The molecule has 154 valence electrons. The molecule has 2 heterocycles. The van der Waals surface area contributed by atoms with Crippen LogP contribution < -0.4 is 19.5 Å². The first-order valence-corrected chi connectivity index (χ1v) is 10.9.